The molecule has 0 bridgehead atoms. The van der Waals surface area contributed by atoms with Crippen molar-refractivity contribution in [2.75, 3.05) is 5.73 Å². The maximum Gasteiger partial charge on any atom is 0.240 e. The molecular formula is C16H13N5. The first-order chi connectivity index (χ1) is 10.2. The Morgan fingerprint density at radius 3 is 2.81 bits per heavy atom. The molecule has 1 aromatic carbocycles. The first kappa shape index (κ1) is 11.8. The lowest BCUT2D eigenvalue weighted by molar-refractivity contribution is 0.965. The second kappa shape index (κ2) is 4.28. The van der Waals surface area contributed by atoms with Gasteiger partial charge in [0.15, 0.2) is 5.65 Å². The Bertz CT molecular complexity index is 971. The van der Waals surface area contributed by atoms with Crippen molar-refractivity contribution in [3.05, 3.63) is 54.2 Å². The van der Waals surface area contributed by atoms with Crippen LogP contribution >= 0.6 is 0 Å². The molecule has 0 saturated carbocycles. The summed E-state index contributed by atoms with van der Waals surface area (Å²) in [6.07, 6.45) is 1.92. The minimum absolute atomic E-state index is 0.276. The minimum Gasteiger partial charge on any atom is -0.366 e. The maximum absolute atomic E-state index is 5.65. The fourth-order valence-electron chi connectivity index (χ4n) is 2.53. The normalized spacial score (nSPS) is 11.3. The summed E-state index contributed by atoms with van der Waals surface area (Å²) in [7, 11) is 0. The molecule has 5 heteroatoms. The van der Waals surface area contributed by atoms with Gasteiger partial charge in [-0.15, -0.1) is 5.10 Å². The highest BCUT2D eigenvalue weighted by molar-refractivity contribution is 5.82. The van der Waals surface area contributed by atoms with Crippen LogP contribution in [0.5, 0.6) is 0 Å². The summed E-state index contributed by atoms with van der Waals surface area (Å²) in [6, 6.07) is 14.1. The zero-order chi connectivity index (χ0) is 14.4. The van der Waals surface area contributed by atoms with E-state index in [4.69, 9.17) is 10.7 Å². The van der Waals surface area contributed by atoms with E-state index in [1.165, 1.54) is 0 Å². The molecule has 2 N–H and O–H groups in total. The number of benzene rings is 1. The molecule has 0 aliphatic carbocycles. The van der Waals surface area contributed by atoms with E-state index >= 15 is 0 Å². The monoisotopic (exact) mass is 275 g/mol. The van der Waals surface area contributed by atoms with Crippen molar-refractivity contribution in [2.45, 2.75) is 6.92 Å². The van der Waals surface area contributed by atoms with Crippen LogP contribution in [-0.2, 0) is 0 Å². The summed E-state index contributed by atoms with van der Waals surface area (Å²) in [4.78, 5) is 8.90. The van der Waals surface area contributed by atoms with Crippen molar-refractivity contribution in [1.29, 1.82) is 0 Å². The molecular weight excluding hydrogens is 262 g/mol. The molecule has 3 aromatic heterocycles. The third kappa shape index (κ3) is 1.90. The zero-order valence-corrected chi connectivity index (χ0v) is 11.5. The summed E-state index contributed by atoms with van der Waals surface area (Å²) < 4.78 is 1.69. The van der Waals surface area contributed by atoms with E-state index in [0.717, 1.165) is 33.4 Å². The van der Waals surface area contributed by atoms with Crippen LogP contribution in [0.3, 0.4) is 0 Å². The molecule has 21 heavy (non-hydrogen) atoms. The van der Waals surface area contributed by atoms with E-state index in [1.54, 1.807) is 4.52 Å². The highest BCUT2D eigenvalue weighted by Crippen LogP contribution is 2.24. The molecule has 0 aliphatic rings. The second-order valence-electron chi connectivity index (χ2n) is 5.03. The first-order valence-corrected chi connectivity index (χ1v) is 6.69. The van der Waals surface area contributed by atoms with Gasteiger partial charge in [-0.05, 0) is 30.7 Å². The van der Waals surface area contributed by atoms with Gasteiger partial charge in [-0.3, -0.25) is 0 Å². The molecule has 0 amide bonds. The summed E-state index contributed by atoms with van der Waals surface area (Å²) in [5.41, 5.74) is 10.4. The lowest BCUT2D eigenvalue weighted by Gasteiger charge is -2.07. The molecule has 102 valence electrons. The Morgan fingerprint density at radius 2 is 1.90 bits per heavy atom. The number of aromatic nitrogens is 4. The van der Waals surface area contributed by atoms with Gasteiger partial charge < -0.3 is 5.73 Å². The highest BCUT2D eigenvalue weighted by atomic mass is 15.3. The molecule has 3 heterocycles. The lowest BCUT2D eigenvalue weighted by atomic mass is 10.1. The third-order valence-corrected chi connectivity index (χ3v) is 3.57. The number of nitrogens with two attached hydrogens (primary N) is 1. The van der Waals surface area contributed by atoms with Crippen LogP contribution in [0.2, 0.25) is 0 Å². The van der Waals surface area contributed by atoms with Gasteiger partial charge >= 0.3 is 0 Å². The topological polar surface area (TPSA) is 69.1 Å². The quantitative estimate of drug-likeness (QED) is 0.580. The molecule has 0 atom stereocenters. The molecule has 0 aliphatic heterocycles. The van der Waals surface area contributed by atoms with Crippen LogP contribution in [-0.4, -0.2) is 19.6 Å². The molecule has 0 radical (unpaired) electrons. The molecule has 4 aromatic rings. The summed E-state index contributed by atoms with van der Waals surface area (Å²) in [6.45, 7) is 2.04. The second-order valence-corrected chi connectivity index (χ2v) is 5.03. The van der Waals surface area contributed by atoms with E-state index in [0.29, 0.717) is 0 Å². The van der Waals surface area contributed by atoms with E-state index in [9.17, 15) is 0 Å². The number of fused-ring (bicyclic) bond motifs is 2. The SMILES string of the molecule is Cc1cc2nc(N)nn2cc1-c1ccc2ccccc2n1. The van der Waals surface area contributed by atoms with Crippen LogP contribution in [0, 0.1) is 6.92 Å². The van der Waals surface area contributed by atoms with Crippen LogP contribution in [0.1, 0.15) is 5.56 Å². The third-order valence-electron chi connectivity index (χ3n) is 3.57. The summed E-state index contributed by atoms with van der Waals surface area (Å²) >= 11 is 0. The van der Waals surface area contributed by atoms with Crippen molar-refractivity contribution >= 4 is 22.5 Å². The zero-order valence-electron chi connectivity index (χ0n) is 11.5. The number of rotatable bonds is 1. The molecule has 5 nitrogen and oxygen atoms in total. The van der Waals surface area contributed by atoms with Crippen molar-refractivity contribution in [3.8, 4) is 11.3 Å². The van der Waals surface area contributed by atoms with E-state index in [1.807, 2.05) is 43.5 Å². The van der Waals surface area contributed by atoms with E-state index in [2.05, 4.69) is 22.2 Å². The number of hydrogen-bond donors (Lipinski definition) is 1. The largest absolute Gasteiger partial charge is 0.366 e. The molecule has 4 rings (SSSR count). The summed E-state index contributed by atoms with van der Waals surface area (Å²) in [5, 5.41) is 5.29. The van der Waals surface area contributed by atoms with Gasteiger partial charge in [0.2, 0.25) is 5.95 Å². The van der Waals surface area contributed by atoms with Crippen LogP contribution in [0.25, 0.3) is 27.8 Å². The smallest absolute Gasteiger partial charge is 0.240 e. The number of nitrogens with zero attached hydrogens (tertiary/aromatic N) is 4. The standard InChI is InChI=1S/C16H13N5/c1-10-8-15-19-16(17)20-21(15)9-12(10)14-7-6-11-4-2-3-5-13(11)18-14/h2-9H,1H3,(H2,17,20). The Morgan fingerprint density at radius 1 is 1.05 bits per heavy atom. The van der Waals surface area contributed by atoms with Crippen molar-refractivity contribution < 1.29 is 0 Å². The average molecular weight is 275 g/mol. The van der Waals surface area contributed by atoms with Crippen LogP contribution < -0.4 is 5.73 Å². The number of nitrogen functional groups attached to an aromatic ring is 1. The van der Waals surface area contributed by atoms with Crippen LogP contribution in [0.15, 0.2) is 48.7 Å². The Hall–Kier alpha value is -2.95. The highest BCUT2D eigenvalue weighted by Gasteiger charge is 2.09. The Balaban J connectivity index is 1.96. The van der Waals surface area contributed by atoms with Gasteiger partial charge in [0, 0.05) is 17.1 Å². The van der Waals surface area contributed by atoms with Gasteiger partial charge in [0.05, 0.1) is 11.2 Å². The molecule has 0 saturated heterocycles. The Kier molecular flexibility index (Phi) is 2.41. The fraction of sp³-hybridized carbons (Fsp3) is 0.0625. The average Bonchev–Trinajstić information content (AvgIpc) is 2.85. The Labute approximate surface area is 121 Å². The first-order valence-electron chi connectivity index (χ1n) is 6.69. The van der Waals surface area contributed by atoms with E-state index < -0.39 is 0 Å². The number of aryl methyl sites for hydroxylation is 1. The predicted octanol–water partition coefficient (Wildman–Crippen LogP) is 2.84. The van der Waals surface area contributed by atoms with Crippen molar-refractivity contribution in [1.82, 2.24) is 19.6 Å². The number of anilines is 1. The molecule has 0 fully saturated rings. The lowest BCUT2D eigenvalue weighted by Crippen LogP contribution is -1.94. The molecule has 0 spiro atoms. The van der Waals surface area contributed by atoms with Gasteiger partial charge in [-0.1, -0.05) is 24.3 Å². The van der Waals surface area contributed by atoms with E-state index in [-0.39, 0.29) is 5.95 Å². The molecule has 0 unspecified atom stereocenters. The predicted molar refractivity (Wildman–Crippen MR) is 82.9 cm³/mol. The van der Waals surface area contributed by atoms with Gasteiger partial charge in [0.1, 0.15) is 0 Å². The maximum atomic E-state index is 5.65. The summed E-state index contributed by atoms with van der Waals surface area (Å²) in [5.74, 6) is 0.276. The minimum atomic E-state index is 0.276. The van der Waals surface area contributed by atoms with Crippen molar-refractivity contribution in [3.63, 3.8) is 0 Å². The van der Waals surface area contributed by atoms with Gasteiger partial charge in [-0.2, -0.15) is 4.98 Å². The van der Waals surface area contributed by atoms with Crippen LogP contribution in [0.4, 0.5) is 5.95 Å². The number of pyridine rings is 2. The van der Waals surface area contributed by atoms with Crippen molar-refractivity contribution in [2.24, 2.45) is 0 Å². The van der Waals surface area contributed by atoms with Gasteiger partial charge in [-0.25, -0.2) is 9.50 Å². The number of para-hydroxylation sites is 1. The number of hydrogen-bond acceptors (Lipinski definition) is 4. The van der Waals surface area contributed by atoms with Gasteiger partial charge in [0.25, 0.3) is 0 Å². The fourth-order valence-corrected chi connectivity index (χ4v) is 2.53.